The van der Waals surface area contributed by atoms with Crippen molar-refractivity contribution < 1.29 is 14.6 Å². The second-order valence-corrected chi connectivity index (χ2v) is 3.59. The van der Waals surface area contributed by atoms with Crippen LogP contribution in [0.15, 0.2) is 34.9 Å². The molecule has 2 aromatic rings. The fraction of sp³-hybridized carbons (Fsp3) is 0.250. The molecule has 82 valence electrons. The van der Waals surface area contributed by atoms with Gasteiger partial charge < -0.3 is 14.6 Å². The van der Waals surface area contributed by atoms with Crippen molar-refractivity contribution in [3.8, 4) is 6.07 Å². The monoisotopic (exact) mass is 217 g/mol. The van der Waals surface area contributed by atoms with Gasteiger partial charge in [0, 0.05) is 5.39 Å². The molecule has 2 unspecified atom stereocenters. The molecule has 0 saturated heterocycles. The van der Waals surface area contributed by atoms with Gasteiger partial charge in [-0.05, 0) is 23.8 Å². The number of hydrogen-bond acceptors (Lipinski definition) is 4. The first-order valence-electron chi connectivity index (χ1n) is 4.92. The van der Waals surface area contributed by atoms with E-state index in [-0.39, 0.29) is 6.42 Å². The highest BCUT2D eigenvalue weighted by molar-refractivity contribution is 5.77. The van der Waals surface area contributed by atoms with E-state index < -0.39 is 12.2 Å². The average molecular weight is 217 g/mol. The minimum absolute atomic E-state index is 0.0927. The molecule has 0 radical (unpaired) electrons. The van der Waals surface area contributed by atoms with E-state index in [0.717, 1.165) is 11.0 Å². The maximum atomic E-state index is 9.79. The summed E-state index contributed by atoms with van der Waals surface area (Å²) in [7, 11) is 0. The molecule has 0 aliphatic heterocycles. The molecule has 0 spiro atoms. The van der Waals surface area contributed by atoms with E-state index in [1.54, 1.807) is 30.5 Å². The van der Waals surface area contributed by atoms with Crippen LogP contribution in [-0.2, 0) is 0 Å². The van der Waals surface area contributed by atoms with Crippen molar-refractivity contribution in [2.75, 3.05) is 0 Å². The second-order valence-electron chi connectivity index (χ2n) is 3.59. The number of benzene rings is 1. The number of hydrogen-bond donors (Lipinski definition) is 2. The molecule has 0 saturated carbocycles. The molecule has 0 bridgehead atoms. The van der Waals surface area contributed by atoms with Crippen LogP contribution < -0.4 is 0 Å². The molecule has 0 fully saturated rings. The van der Waals surface area contributed by atoms with Crippen molar-refractivity contribution in [1.29, 1.82) is 5.26 Å². The number of nitrogens with zero attached hydrogens (tertiary/aromatic N) is 1. The van der Waals surface area contributed by atoms with Gasteiger partial charge in [-0.25, -0.2) is 0 Å². The van der Waals surface area contributed by atoms with Crippen LogP contribution in [-0.4, -0.2) is 16.3 Å². The lowest BCUT2D eigenvalue weighted by molar-refractivity contribution is 0.0217. The summed E-state index contributed by atoms with van der Waals surface area (Å²) in [6.45, 7) is 0. The standard InChI is InChI=1S/C12H11NO3/c13-5-3-10(14)12(15)9-1-2-11-8(7-9)4-6-16-11/h1-2,4,6-7,10,12,14-15H,3H2. The van der Waals surface area contributed by atoms with Crippen molar-refractivity contribution >= 4 is 11.0 Å². The molecule has 4 heteroatoms. The first kappa shape index (κ1) is 10.7. The van der Waals surface area contributed by atoms with Crippen LogP contribution in [0.4, 0.5) is 0 Å². The molecule has 0 aliphatic rings. The van der Waals surface area contributed by atoms with Crippen molar-refractivity contribution in [3.63, 3.8) is 0 Å². The van der Waals surface area contributed by atoms with E-state index in [1.165, 1.54) is 0 Å². The van der Waals surface area contributed by atoms with Crippen LogP contribution in [0.1, 0.15) is 18.1 Å². The van der Waals surface area contributed by atoms with E-state index in [0.29, 0.717) is 5.56 Å². The molecule has 2 N–H and O–H groups in total. The number of rotatable bonds is 3. The lowest BCUT2D eigenvalue weighted by Crippen LogP contribution is -2.17. The van der Waals surface area contributed by atoms with Crippen molar-refractivity contribution in [2.45, 2.75) is 18.6 Å². The number of fused-ring (bicyclic) bond motifs is 1. The summed E-state index contributed by atoms with van der Waals surface area (Å²) in [6, 6.07) is 8.75. The number of aliphatic hydroxyl groups is 2. The Bertz CT molecular complexity index is 526. The van der Waals surface area contributed by atoms with Gasteiger partial charge in [-0.2, -0.15) is 5.26 Å². The lowest BCUT2D eigenvalue weighted by atomic mass is 10.0. The highest BCUT2D eigenvalue weighted by atomic mass is 16.3. The third-order valence-electron chi connectivity index (χ3n) is 2.48. The molecule has 1 aromatic carbocycles. The van der Waals surface area contributed by atoms with Crippen molar-refractivity contribution in [3.05, 3.63) is 36.1 Å². The third-order valence-corrected chi connectivity index (χ3v) is 2.48. The van der Waals surface area contributed by atoms with E-state index in [1.807, 2.05) is 6.07 Å². The summed E-state index contributed by atoms with van der Waals surface area (Å²) >= 11 is 0. The van der Waals surface area contributed by atoms with Crippen molar-refractivity contribution in [2.24, 2.45) is 0 Å². The van der Waals surface area contributed by atoms with Crippen LogP contribution in [0, 0.1) is 11.3 Å². The van der Waals surface area contributed by atoms with Gasteiger partial charge in [0.05, 0.1) is 24.9 Å². The molecular formula is C12H11NO3. The van der Waals surface area contributed by atoms with Gasteiger partial charge in [0.1, 0.15) is 11.7 Å². The van der Waals surface area contributed by atoms with Gasteiger partial charge in [0.2, 0.25) is 0 Å². The quantitative estimate of drug-likeness (QED) is 0.820. The Morgan fingerprint density at radius 3 is 2.88 bits per heavy atom. The van der Waals surface area contributed by atoms with Crippen LogP contribution in [0.25, 0.3) is 11.0 Å². The Hall–Kier alpha value is -1.83. The minimum atomic E-state index is -1.06. The topological polar surface area (TPSA) is 77.4 Å². The molecule has 16 heavy (non-hydrogen) atoms. The van der Waals surface area contributed by atoms with Gasteiger partial charge in [0.25, 0.3) is 0 Å². The van der Waals surface area contributed by atoms with Crippen LogP contribution in [0.2, 0.25) is 0 Å². The number of aliphatic hydroxyl groups excluding tert-OH is 2. The van der Waals surface area contributed by atoms with Gasteiger partial charge >= 0.3 is 0 Å². The zero-order chi connectivity index (χ0) is 11.5. The maximum absolute atomic E-state index is 9.79. The lowest BCUT2D eigenvalue weighted by Gasteiger charge is -2.15. The average Bonchev–Trinajstić information content (AvgIpc) is 2.75. The zero-order valence-corrected chi connectivity index (χ0v) is 8.50. The molecule has 1 aromatic heterocycles. The summed E-state index contributed by atoms with van der Waals surface area (Å²) in [6.07, 6.45) is -0.634. The number of furan rings is 1. The maximum Gasteiger partial charge on any atom is 0.133 e. The highest BCUT2D eigenvalue weighted by Crippen LogP contribution is 2.24. The van der Waals surface area contributed by atoms with E-state index in [9.17, 15) is 10.2 Å². The number of nitriles is 1. The Morgan fingerprint density at radius 2 is 2.12 bits per heavy atom. The first-order chi connectivity index (χ1) is 7.72. The Balaban J connectivity index is 2.29. The molecule has 0 amide bonds. The fourth-order valence-corrected chi connectivity index (χ4v) is 1.60. The van der Waals surface area contributed by atoms with Gasteiger partial charge in [0.15, 0.2) is 0 Å². The summed E-state index contributed by atoms with van der Waals surface area (Å²) in [4.78, 5) is 0. The van der Waals surface area contributed by atoms with Crippen LogP contribution in [0.5, 0.6) is 0 Å². The normalized spacial score (nSPS) is 14.6. The van der Waals surface area contributed by atoms with Crippen molar-refractivity contribution in [1.82, 2.24) is 0 Å². The molecule has 0 aliphatic carbocycles. The van der Waals surface area contributed by atoms with E-state index >= 15 is 0 Å². The van der Waals surface area contributed by atoms with Gasteiger partial charge in [-0.15, -0.1) is 0 Å². The van der Waals surface area contributed by atoms with E-state index in [4.69, 9.17) is 9.68 Å². The highest BCUT2D eigenvalue weighted by Gasteiger charge is 2.18. The molecule has 1 heterocycles. The van der Waals surface area contributed by atoms with Crippen LogP contribution in [0.3, 0.4) is 0 Å². The molecule has 4 nitrogen and oxygen atoms in total. The van der Waals surface area contributed by atoms with Crippen LogP contribution >= 0.6 is 0 Å². The zero-order valence-electron chi connectivity index (χ0n) is 8.50. The predicted octanol–water partition coefficient (Wildman–Crippen LogP) is 1.74. The summed E-state index contributed by atoms with van der Waals surface area (Å²) < 4.78 is 5.16. The summed E-state index contributed by atoms with van der Waals surface area (Å²) in [5.41, 5.74) is 1.31. The Kier molecular flexibility index (Phi) is 2.91. The van der Waals surface area contributed by atoms with Gasteiger partial charge in [-0.3, -0.25) is 0 Å². The first-order valence-corrected chi connectivity index (χ1v) is 4.92. The largest absolute Gasteiger partial charge is 0.464 e. The van der Waals surface area contributed by atoms with Gasteiger partial charge in [-0.1, -0.05) is 6.07 Å². The molecule has 2 rings (SSSR count). The summed E-state index contributed by atoms with van der Waals surface area (Å²) in [5.74, 6) is 0. The Morgan fingerprint density at radius 1 is 1.31 bits per heavy atom. The van der Waals surface area contributed by atoms with E-state index in [2.05, 4.69) is 0 Å². The Labute approximate surface area is 92.3 Å². The predicted molar refractivity (Wildman–Crippen MR) is 57.4 cm³/mol. The molecular weight excluding hydrogens is 206 g/mol. The second kappa shape index (κ2) is 4.35. The minimum Gasteiger partial charge on any atom is -0.464 e. The third kappa shape index (κ3) is 1.91. The smallest absolute Gasteiger partial charge is 0.133 e. The molecule has 2 atom stereocenters. The fourth-order valence-electron chi connectivity index (χ4n) is 1.60. The SMILES string of the molecule is N#CCC(O)C(O)c1ccc2occc2c1. The summed E-state index contributed by atoms with van der Waals surface area (Å²) in [5, 5.41) is 28.6.